The molecule has 0 amide bonds. The molecule has 1 rings (SSSR count). The zero-order valence-corrected chi connectivity index (χ0v) is 9.71. The largest absolute Gasteiger partial charge is 0.233 e. The molecule has 0 heterocycles. The minimum atomic E-state index is -1.37. The topological polar surface area (TPSA) is 0 Å². The Balaban J connectivity index is 3.11. The highest BCUT2D eigenvalue weighted by Crippen LogP contribution is 2.39. The van der Waals surface area contributed by atoms with Gasteiger partial charge in [0.05, 0.1) is 0 Å². The van der Waals surface area contributed by atoms with E-state index in [2.05, 4.69) is 6.58 Å². The van der Waals surface area contributed by atoms with Crippen LogP contribution in [0.2, 0.25) is 0 Å². The van der Waals surface area contributed by atoms with E-state index in [0.29, 0.717) is 15.6 Å². The fourth-order valence-corrected chi connectivity index (χ4v) is 1.95. The summed E-state index contributed by atoms with van der Waals surface area (Å²) in [5.41, 5.74) is -0.682. The molecular formula is C11H12FI. The molecule has 0 aromatic heterocycles. The number of benzene rings is 1. The SMILES string of the molecule is C=C(I)C(F)(CC)c1ccccc1. The zero-order chi connectivity index (χ0) is 9.90. The van der Waals surface area contributed by atoms with Crippen LogP contribution in [0.4, 0.5) is 4.39 Å². The summed E-state index contributed by atoms with van der Waals surface area (Å²) in [7, 11) is 0. The molecule has 13 heavy (non-hydrogen) atoms. The summed E-state index contributed by atoms with van der Waals surface area (Å²) < 4.78 is 14.8. The fraction of sp³-hybridized carbons (Fsp3) is 0.273. The Hall–Kier alpha value is -0.380. The summed E-state index contributed by atoms with van der Waals surface area (Å²) in [4.78, 5) is 0. The second-order valence-electron chi connectivity index (χ2n) is 2.93. The van der Waals surface area contributed by atoms with Crippen LogP contribution in [0, 0.1) is 0 Å². The third-order valence-electron chi connectivity index (χ3n) is 2.15. The van der Waals surface area contributed by atoms with Gasteiger partial charge in [-0.2, -0.15) is 0 Å². The monoisotopic (exact) mass is 290 g/mol. The molecule has 70 valence electrons. The predicted molar refractivity (Wildman–Crippen MR) is 62.7 cm³/mol. The van der Waals surface area contributed by atoms with Crippen molar-refractivity contribution in [2.75, 3.05) is 0 Å². The molecule has 0 aliphatic heterocycles. The second-order valence-corrected chi connectivity index (χ2v) is 4.23. The van der Waals surface area contributed by atoms with E-state index in [1.165, 1.54) is 0 Å². The van der Waals surface area contributed by atoms with Gasteiger partial charge < -0.3 is 0 Å². The van der Waals surface area contributed by atoms with Gasteiger partial charge in [-0.25, -0.2) is 4.39 Å². The Kier molecular flexibility index (Phi) is 3.47. The third-order valence-corrected chi connectivity index (χ3v) is 3.00. The van der Waals surface area contributed by atoms with Gasteiger partial charge >= 0.3 is 0 Å². The van der Waals surface area contributed by atoms with Gasteiger partial charge in [-0.15, -0.1) is 0 Å². The van der Waals surface area contributed by atoms with Crippen molar-refractivity contribution in [1.29, 1.82) is 0 Å². The highest BCUT2D eigenvalue weighted by molar-refractivity contribution is 14.1. The number of hydrogen-bond donors (Lipinski definition) is 0. The van der Waals surface area contributed by atoms with Crippen LogP contribution in [0.5, 0.6) is 0 Å². The van der Waals surface area contributed by atoms with Gasteiger partial charge in [-0.3, -0.25) is 0 Å². The minimum absolute atomic E-state index is 0.429. The van der Waals surface area contributed by atoms with Gasteiger partial charge in [-0.1, -0.05) is 43.8 Å². The molecule has 0 bridgehead atoms. The first-order chi connectivity index (χ1) is 6.11. The fourth-order valence-electron chi connectivity index (χ4n) is 1.25. The first-order valence-electron chi connectivity index (χ1n) is 4.20. The van der Waals surface area contributed by atoms with Crippen LogP contribution in [0.15, 0.2) is 40.5 Å². The standard InChI is InChI=1S/C11H12FI/c1-3-11(12,9(2)13)10-7-5-4-6-8-10/h4-8H,2-3H2,1H3. The lowest BCUT2D eigenvalue weighted by Gasteiger charge is -2.23. The van der Waals surface area contributed by atoms with Crippen molar-refractivity contribution in [3.05, 3.63) is 46.1 Å². The Bertz CT molecular complexity index is 294. The van der Waals surface area contributed by atoms with Crippen molar-refractivity contribution in [2.24, 2.45) is 0 Å². The summed E-state index contributed by atoms with van der Waals surface area (Å²) in [6.45, 7) is 5.52. The third kappa shape index (κ3) is 2.10. The first-order valence-corrected chi connectivity index (χ1v) is 5.28. The molecule has 0 N–H and O–H groups in total. The van der Waals surface area contributed by atoms with Gasteiger partial charge in [-0.05, 0) is 34.6 Å². The first kappa shape index (κ1) is 10.7. The average Bonchev–Trinajstić information content (AvgIpc) is 2.17. The summed E-state index contributed by atoms with van der Waals surface area (Å²) >= 11 is 1.96. The zero-order valence-electron chi connectivity index (χ0n) is 7.56. The van der Waals surface area contributed by atoms with Gasteiger partial charge in [0.2, 0.25) is 0 Å². The molecule has 0 aliphatic carbocycles. The van der Waals surface area contributed by atoms with Gasteiger partial charge in [0, 0.05) is 3.58 Å². The molecule has 1 atom stereocenters. The summed E-state index contributed by atoms with van der Waals surface area (Å²) in [5.74, 6) is 0. The van der Waals surface area contributed by atoms with Crippen LogP contribution >= 0.6 is 22.6 Å². The number of allylic oxidation sites excluding steroid dienone is 1. The molecular weight excluding hydrogens is 278 g/mol. The van der Waals surface area contributed by atoms with Crippen molar-refractivity contribution < 1.29 is 4.39 Å². The lowest BCUT2D eigenvalue weighted by molar-refractivity contribution is 0.224. The predicted octanol–water partition coefficient (Wildman–Crippen LogP) is 4.21. The molecule has 0 fully saturated rings. The molecule has 0 nitrogen and oxygen atoms in total. The molecule has 0 saturated carbocycles. The highest BCUT2D eigenvalue weighted by Gasteiger charge is 2.31. The van der Waals surface area contributed by atoms with E-state index in [0.717, 1.165) is 0 Å². The van der Waals surface area contributed by atoms with Crippen LogP contribution in [0.25, 0.3) is 0 Å². The highest BCUT2D eigenvalue weighted by atomic mass is 127. The molecule has 0 aliphatic rings. The second kappa shape index (κ2) is 4.22. The molecule has 0 saturated heterocycles. The summed E-state index contributed by atoms with van der Waals surface area (Å²) in [5, 5.41) is 0. The lowest BCUT2D eigenvalue weighted by atomic mass is 9.93. The van der Waals surface area contributed by atoms with E-state index < -0.39 is 5.67 Å². The number of rotatable bonds is 3. The molecule has 1 aromatic carbocycles. The van der Waals surface area contributed by atoms with E-state index in [1.54, 1.807) is 12.1 Å². The molecule has 0 radical (unpaired) electrons. The van der Waals surface area contributed by atoms with Crippen molar-refractivity contribution in [3.63, 3.8) is 0 Å². The number of halogens is 2. The lowest BCUT2D eigenvalue weighted by Crippen LogP contribution is -2.18. The van der Waals surface area contributed by atoms with E-state index >= 15 is 0 Å². The normalized spacial score (nSPS) is 15.0. The Morgan fingerprint density at radius 1 is 1.46 bits per heavy atom. The quantitative estimate of drug-likeness (QED) is 0.731. The van der Waals surface area contributed by atoms with Crippen LogP contribution in [-0.4, -0.2) is 0 Å². The average molecular weight is 290 g/mol. The van der Waals surface area contributed by atoms with E-state index in [-0.39, 0.29) is 0 Å². The number of hydrogen-bond acceptors (Lipinski definition) is 0. The Labute approximate surface area is 92.0 Å². The van der Waals surface area contributed by atoms with Gasteiger partial charge in [0.25, 0.3) is 0 Å². The molecule has 2 heteroatoms. The van der Waals surface area contributed by atoms with Crippen molar-refractivity contribution in [1.82, 2.24) is 0 Å². The van der Waals surface area contributed by atoms with E-state index in [1.807, 2.05) is 47.7 Å². The van der Waals surface area contributed by atoms with Crippen molar-refractivity contribution >= 4 is 22.6 Å². The maximum Gasteiger partial charge on any atom is 0.165 e. The number of alkyl halides is 1. The summed E-state index contributed by atoms with van der Waals surface area (Å²) in [6, 6.07) is 9.17. The molecule has 1 aromatic rings. The van der Waals surface area contributed by atoms with E-state index in [4.69, 9.17) is 0 Å². The minimum Gasteiger partial charge on any atom is -0.233 e. The van der Waals surface area contributed by atoms with Crippen LogP contribution in [-0.2, 0) is 5.67 Å². The summed E-state index contributed by atoms with van der Waals surface area (Å²) in [6.07, 6.45) is 0.429. The van der Waals surface area contributed by atoms with Crippen LogP contribution < -0.4 is 0 Å². The van der Waals surface area contributed by atoms with Crippen molar-refractivity contribution in [3.8, 4) is 0 Å². The maximum atomic E-state index is 14.3. The molecule has 0 spiro atoms. The van der Waals surface area contributed by atoms with Crippen LogP contribution in [0.3, 0.4) is 0 Å². The van der Waals surface area contributed by atoms with E-state index in [9.17, 15) is 4.39 Å². The smallest absolute Gasteiger partial charge is 0.165 e. The van der Waals surface area contributed by atoms with Crippen LogP contribution in [0.1, 0.15) is 18.9 Å². The van der Waals surface area contributed by atoms with Gasteiger partial charge in [0.15, 0.2) is 5.67 Å². The Morgan fingerprint density at radius 2 is 2.00 bits per heavy atom. The van der Waals surface area contributed by atoms with Gasteiger partial charge in [0.1, 0.15) is 0 Å². The maximum absolute atomic E-state index is 14.3. The van der Waals surface area contributed by atoms with Crippen molar-refractivity contribution in [2.45, 2.75) is 19.0 Å². The molecule has 1 unspecified atom stereocenters. The Morgan fingerprint density at radius 3 is 2.38 bits per heavy atom.